The molecule has 15 heavy (non-hydrogen) atoms. The Morgan fingerprint density at radius 1 is 1.53 bits per heavy atom. The van der Waals surface area contributed by atoms with Crippen LogP contribution < -0.4 is 10.5 Å². The first kappa shape index (κ1) is 11.9. The van der Waals surface area contributed by atoms with Crippen LogP contribution in [0.15, 0.2) is 12.1 Å². The first-order chi connectivity index (χ1) is 7.10. The minimum absolute atomic E-state index is 0.277. The van der Waals surface area contributed by atoms with Crippen LogP contribution in [0, 0.1) is 12.7 Å². The van der Waals surface area contributed by atoms with Crippen LogP contribution in [0.2, 0.25) is 0 Å². The maximum absolute atomic E-state index is 13.5. The van der Waals surface area contributed by atoms with E-state index in [9.17, 15) is 9.50 Å². The third-order valence-corrected chi connectivity index (χ3v) is 2.31. The first-order valence-corrected chi connectivity index (χ1v) is 4.82. The zero-order chi connectivity index (χ0) is 11.4. The molecule has 3 nitrogen and oxygen atoms in total. The average Bonchev–Trinajstić information content (AvgIpc) is 2.21. The molecule has 0 amide bonds. The van der Waals surface area contributed by atoms with E-state index in [2.05, 4.69) is 0 Å². The molecule has 1 aromatic rings. The molecule has 0 fully saturated rings. The van der Waals surface area contributed by atoms with Crippen LogP contribution in [0.4, 0.5) is 4.39 Å². The molecule has 0 aromatic heterocycles. The van der Waals surface area contributed by atoms with E-state index in [0.717, 1.165) is 5.56 Å². The molecule has 3 N–H and O–H groups in total. The third kappa shape index (κ3) is 2.67. The molecule has 84 valence electrons. The van der Waals surface area contributed by atoms with Crippen molar-refractivity contribution in [1.29, 1.82) is 0 Å². The van der Waals surface area contributed by atoms with Gasteiger partial charge in [0.15, 0.2) is 0 Å². The Morgan fingerprint density at radius 3 is 2.73 bits per heavy atom. The van der Waals surface area contributed by atoms with Crippen molar-refractivity contribution in [3.8, 4) is 5.75 Å². The molecule has 0 saturated heterocycles. The van der Waals surface area contributed by atoms with Crippen LogP contribution in [0.5, 0.6) is 5.75 Å². The molecule has 0 radical (unpaired) electrons. The Hall–Kier alpha value is -1.13. The van der Waals surface area contributed by atoms with E-state index in [0.29, 0.717) is 18.7 Å². The molecule has 0 heterocycles. The topological polar surface area (TPSA) is 55.5 Å². The lowest BCUT2D eigenvalue weighted by molar-refractivity contribution is 0.165. The van der Waals surface area contributed by atoms with Gasteiger partial charge in [-0.25, -0.2) is 4.39 Å². The Bertz CT molecular complexity index is 342. The van der Waals surface area contributed by atoms with Gasteiger partial charge in [0, 0.05) is 11.6 Å². The highest BCUT2D eigenvalue weighted by Crippen LogP contribution is 2.27. The molecule has 1 unspecified atom stereocenters. The summed E-state index contributed by atoms with van der Waals surface area (Å²) in [4.78, 5) is 0. The minimum Gasteiger partial charge on any atom is -0.496 e. The predicted molar refractivity (Wildman–Crippen MR) is 56.3 cm³/mol. The number of benzene rings is 1. The number of halogens is 1. The van der Waals surface area contributed by atoms with Crippen molar-refractivity contribution in [2.45, 2.75) is 19.4 Å². The van der Waals surface area contributed by atoms with E-state index in [-0.39, 0.29) is 5.56 Å². The largest absolute Gasteiger partial charge is 0.496 e. The second-order valence-electron chi connectivity index (χ2n) is 3.44. The average molecular weight is 213 g/mol. The maximum Gasteiger partial charge on any atom is 0.132 e. The van der Waals surface area contributed by atoms with Crippen molar-refractivity contribution >= 4 is 0 Å². The summed E-state index contributed by atoms with van der Waals surface area (Å²) in [7, 11) is 1.48. The Morgan fingerprint density at radius 2 is 2.20 bits per heavy atom. The van der Waals surface area contributed by atoms with Gasteiger partial charge < -0.3 is 15.6 Å². The van der Waals surface area contributed by atoms with Crippen LogP contribution in [-0.4, -0.2) is 18.8 Å². The molecule has 0 bridgehead atoms. The quantitative estimate of drug-likeness (QED) is 0.797. The molecule has 0 aliphatic heterocycles. The fourth-order valence-electron chi connectivity index (χ4n) is 1.47. The SMILES string of the molecule is COc1cc(F)c(C(O)CCN)cc1C. The van der Waals surface area contributed by atoms with Crippen LogP contribution in [-0.2, 0) is 0 Å². The molecular weight excluding hydrogens is 197 g/mol. The standard InChI is InChI=1S/C11H16FNO2/c1-7-5-8(10(14)3-4-13)9(12)6-11(7)15-2/h5-6,10,14H,3-4,13H2,1-2H3. The summed E-state index contributed by atoms with van der Waals surface area (Å²) >= 11 is 0. The number of hydrogen-bond acceptors (Lipinski definition) is 3. The molecule has 0 aliphatic carbocycles. The number of methoxy groups -OCH3 is 1. The lowest BCUT2D eigenvalue weighted by Crippen LogP contribution is -2.08. The normalized spacial score (nSPS) is 12.6. The summed E-state index contributed by atoms with van der Waals surface area (Å²) in [5, 5.41) is 9.63. The fourth-order valence-corrected chi connectivity index (χ4v) is 1.47. The van der Waals surface area contributed by atoms with Gasteiger partial charge in [0.2, 0.25) is 0 Å². The lowest BCUT2D eigenvalue weighted by Gasteiger charge is -2.13. The summed E-state index contributed by atoms with van der Waals surface area (Å²) < 4.78 is 18.5. The molecule has 1 rings (SSSR count). The van der Waals surface area contributed by atoms with Gasteiger partial charge in [-0.15, -0.1) is 0 Å². The fraction of sp³-hybridized carbons (Fsp3) is 0.455. The van der Waals surface area contributed by atoms with Crippen LogP contribution in [0.25, 0.3) is 0 Å². The summed E-state index contributed by atoms with van der Waals surface area (Å²) in [6.07, 6.45) is -0.498. The van der Waals surface area contributed by atoms with Crippen LogP contribution >= 0.6 is 0 Å². The lowest BCUT2D eigenvalue weighted by atomic mass is 10.0. The third-order valence-electron chi connectivity index (χ3n) is 2.31. The van der Waals surface area contributed by atoms with Crippen LogP contribution in [0.1, 0.15) is 23.7 Å². The van der Waals surface area contributed by atoms with Crippen molar-refractivity contribution in [2.75, 3.05) is 13.7 Å². The number of nitrogens with two attached hydrogens (primary N) is 1. The van der Waals surface area contributed by atoms with E-state index in [1.807, 2.05) is 0 Å². The van der Waals surface area contributed by atoms with Gasteiger partial charge in [-0.2, -0.15) is 0 Å². The van der Waals surface area contributed by atoms with Gasteiger partial charge in [-0.3, -0.25) is 0 Å². The summed E-state index contributed by atoms with van der Waals surface area (Å²) in [5.74, 6) is 0.0228. The van der Waals surface area contributed by atoms with E-state index in [1.165, 1.54) is 13.2 Å². The first-order valence-electron chi connectivity index (χ1n) is 4.82. The Labute approximate surface area is 88.7 Å². The summed E-state index contributed by atoms with van der Waals surface area (Å²) in [5.41, 5.74) is 6.38. The highest BCUT2D eigenvalue weighted by molar-refractivity contribution is 5.38. The molecule has 1 atom stereocenters. The van der Waals surface area contributed by atoms with E-state index in [1.54, 1.807) is 13.0 Å². The second-order valence-corrected chi connectivity index (χ2v) is 3.44. The molecular formula is C11H16FNO2. The van der Waals surface area contributed by atoms with Gasteiger partial charge >= 0.3 is 0 Å². The molecule has 0 aliphatic rings. The van der Waals surface area contributed by atoms with E-state index in [4.69, 9.17) is 10.5 Å². The smallest absolute Gasteiger partial charge is 0.132 e. The predicted octanol–water partition coefficient (Wildman–Crippen LogP) is 1.52. The van der Waals surface area contributed by atoms with Crippen molar-refractivity contribution in [3.63, 3.8) is 0 Å². The highest BCUT2D eigenvalue weighted by atomic mass is 19.1. The van der Waals surface area contributed by atoms with Crippen molar-refractivity contribution < 1.29 is 14.2 Å². The number of hydrogen-bond donors (Lipinski definition) is 2. The number of aryl methyl sites for hydroxylation is 1. The van der Waals surface area contributed by atoms with Crippen molar-refractivity contribution in [1.82, 2.24) is 0 Å². The summed E-state index contributed by atoms with van der Waals surface area (Å²) in [6.45, 7) is 2.13. The van der Waals surface area contributed by atoms with E-state index >= 15 is 0 Å². The number of aliphatic hydroxyl groups excluding tert-OH is 1. The van der Waals surface area contributed by atoms with Gasteiger partial charge in [-0.1, -0.05) is 0 Å². The van der Waals surface area contributed by atoms with Crippen molar-refractivity contribution in [2.24, 2.45) is 5.73 Å². The Balaban J connectivity index is 3.04. The minimum atomic E-state index is -0.848. The number of rotatable bonds is 4. The second kappa shape index (κ2) is 5.09. The molecule has 4 heteroatoms. The molecule has 0 saturated carbocycles. The van der Waals surface area contributed by atoms with Gasteiger partial charge in [0.05, 0.1) is 13.2 Å². The van der Waals surface area contributed by atoms with E-state index < -0.39 is 11.9 Å². The number of ether oxygens (including phenoxy) is 1. The van der Waals surface area contributed by atoms with Crippen molar-refractivity contribution in [3.05, 3.63) is 29.1 Å². The molecule has 0 spiro atoms. The summed E-state index contributed by atoms with van der Waals surface area (Å²) in [6, 6.07) is 2.87. The maximum atomic E-state index is 13.5. The van der Waals surface area contributed by atoms with Gasteiger partial charge in [0.25, 0.3) is 0 Å². The monoisotopic (exact) mass is 213 g/mol. The molecule has 1 aromatic carbocycles. The zero-order valence-corrected chi connectivity index (χ0v) is 8.96. The van der Waals surface area contributed by atoms with Crippen LogP contribution in [0.3, 0.4) is 0 Å². The number of aliphatic hydroxyl groups is 1. The van der Waals surface area contributed by atoms with Gasteiger partial charge in [0.1, 0.15) is 11.6 Å². The van der Waals surface area contributed by atoms with Gasteiger partial charge in [-0.05, 0) is 31.5 Å². The zero-order valence-electron chi connectivity index (χ0n) is 8.96. The Kier molecular flexibility index (Phi) is 4.05. The highest BCUT2D eigenvalue weighted by Gasteiger charge is 2.14.